The van der Waals surface area contributed by atoms with Crippen LogP contribution < -0.4 is 4.57 Å². The second kappa shape index (κ2) is 5.37. The summed E-state index contributed by atoms with van der Waals surface area (Å²) in [5.41, 5.74) is 1.45. The molecule has 1 aliphatic rings. The van der Waals surface area contributed by atoms with Crippen molar-refractivity contribution in [3.8, 4) is 0 Å². The van der Waals surface area contributed by atoms with Crippen LogP contribution in [0, 0.1) is 0 Å². The van der Waals surface area contributed by atoms with Gasteiger partial charge in [0.05, 0.1) is 5.92 Å². The van der Waals surface area contributed by atoms with Crippen LogP contribution in [-0.4, -0.2) is 14.9 Å². The van der Waals surface area contributed by atoms with Crippen LogP contribution in [0.25, 0.3) is 0 Å². The van der Waals surface area contributed by atoms with E-state index < -0.39 is 8.32 Å². The number of nitrogens with zero attached hydrogens (tertiary/aromatic N) is 1. The van der Waals surface area contributed by atoms with Gasteiger partial charge in [-0.2, -0.15) is 0 Å². The number of hydrogen-bond donors (Lipinski definition) is 0. The number of rotatable bonds is 3. The van der Waals surface area contributed by atoms with Crippen molar-refractivity contribution < 1.29 is 8.99 Å². The fourth-order valence-electron chi connectivity index (χ4n) is 2.41. The first-order chi connectivity index (χ1) is 8.81. The van der Waals surface area contributed by atoms with Gasteiger partial charge in [-0.3, -0.25) is 0 Å². The average Bonchev–Trinajstić information content (AvgIpc) is 2.35. The summed E-state index contributed by atoms with van der Waals surface area (Å²) >= 11 is 0. The van der Waals surface area contributed by atoms with E-state index in [9.17, 15) is 0 Å². The SMILES string of the molecule is CC(C)(C)[Si](C)(C)OCC1CCC[n+]2ccccc21. The Kier molecular flexibility index (Phi) is 4.16. The van der Waals surface area contributed by atoms with Gasteiger partial charge in [0.1, 0.15) is 6.54 Å². The number of fused-ring (bicyclic) bond motifs is 1. The van der Waals surface area contributed by atoms with Gasteiger partial charge in [-0.05, 0) is 24.6 Å². The van der Waals surface area contributed by atoms with Crippen LogP contribution in [0.5, 0.6) is 0 Å². The Morgan fingerprint density at radius 3 is 2.74 bits per heavy atom. The predicted molar refractivity (Wildman–Crippen MR) is 81.8 cm³/mol. The molecule has 0 aliphatic carbocycles. The molecule has 2 rings (SSSR count). The highest BCUT2D eigenvalue weighted by Gasteiger charge is 2.38. The van der Waals surface area contributed by atoms with Gasteiger partial charge >= 0.3 is 0 Å². The first-order valence-electron chi connectivity index (χ1n) is 7.43. The lowest BCUT2D eigenvalue weighted by atomic mass is 9.96. The maximum absolute atomic E-state index is 6.42. The Bertz CT molecular complexity index is 437. The summed E-state index contributed by atoms with van der Waals surface area (Å²) < 4.78 is 8.81. The number of aryl methyl sites for hydroxylation is 1. The monoisotopic (exact) mass is 278 g/mol. The molecule has 19 heavy (non-hydrogen) atoms. The van der Waals surface area contributed by atoms with Gasteiger partial charge < -0.3 is 4.43 Å². The van der Waals surface area contributed by atoms with Gasteiger partial charge in [0, 0.05) is 25.2 Å². The molecule has 1 unspecified atom stereocenters. The van der Waals surface area contributed by atoms with Crippen LogP contribution in [0.1, 0.15) is 45.2 Å². The molecule has 0 fully saturated rings. The van der Waals surface area contributed by atoms with Crippen LogP contribution >= 0.6 is 0 Å². The first-order valence-corrected chi connectivity index (χ1v) is 10.3. The highest BCUT2D eigenvalue weighted by Crippen LogP contribution is 2.37. The molecule has 2 nitrogen and oxygen atoms in total. The van der Waals surface area contributed by atoms with Crippen molar-refractivity contribution in [2.24, 2.45) is 0 Å². The van der Waals surface area contributed by atoms with Gasteiger partial charge in [0.2, 0.25) is 0 Å². The summed E-state index contributed by atoms with van der Waals surface area (Å²) in [7, 11) is -1.62. The Balaban J connectivity index is 2.06. The van der Waals surface area contributed by atoms with E-state index in [2.05, 4.69) is 62.8 Å². The molecule has 0 bridgehead atoms. The Morgan fingerprint density at radius 2 is 2.05 bits per heavy atom. The third kappa shape index (κ3) is 3.26. The van der Waals surface area contributed by atoms with E-state index in [1.54, 1.807) is 0 Å². The number of aromatic nitrogens is 1. The molecule has 2 heterocycles. The smallest absolute Gasteiger partial charge is 0.192 e. The molecule has 0 amide bonds. The highest BCUT2D eigenvalue weighted by atomic mass is 28.4. The van der Waals surface area contributed by atoms with Crippen molar-refractivity contribution in [2.75, 3.05) is 6.61 Å². The second-order valence-electron chi connectivity index (χ2n) is 7.23. The topological polar surface area (TPSA) is 13.1 Å². The van der Waals surface area contributed by atoms with Crippen LogP contribution in [0.4, 0.5) is 0 Å². The van der Waals surface area contributed by atoms with E-state index >= 15 is 0 Å². The van der Waals surface area contributed by atoms with Crippen molar-refractivity contribution in [2.45, 2.75) is 64.2 Å². The quantitative estimate of drug-likeness (QED) is 0.604. The summed E-state index contributed by atoms with van der Waals surface area (Å²) in [5, 5.41) is 0.300. The van der Waals surface area contributed by atoms with Crippen molar-refractivity contribution in [3.63, 3.8) is 0 Å². The maximum atomic E-state index is 6.42. The van der Waals surface area contributed by atoms with Gasteiger partial charge in [0.25, 0.3) is 0 Å². The zero-order valence-electron chi connectivity index (χ0n) is 13.1. The third-order valence-corrected chi connectivity index (χ3v) is 9.30. The molecule has 1 aliphatic heterocycles. The lowest BCUT2D eigenvalue weighted by molar-refractivity contribution is -0.711. The van der Waals surface area contributed by atoms with E-state index in [1.807, 2.05) is 0 Å². The van der Waals surface area contributed by atoms with Crippen LogP contribution in [-0.2, 0) is 11.0 Å². The van der Waals surface area contributed by atoms with Crippen LogP contribution in [0.2, 0.25) is 18.1 Å². The molecule has 3 heteroatoms. The molecule has 1 atom stereocenters. The maximum Gasteiger partial charge on any atom is 0.192 e. The minimum atomic E-state index is -1.62. The highest BCUT2D eigenvalue weighted by molar-refractivity contribution is 6.74. The first kappa shape index (κ1) is 14.7. The van der Waals surface area contributed by atoms with E-state index in [-0.39, 0.29) is 0 Å². The zero-order valence-corrected chi connectivity index (χ0v) is 14.1. The molecule has 1 aromatic heterocycles. The molecule has 0 aromatic carbocycles. The molecule has 0 saturated carbocycles. The summed E-state index contributed by atoms with van der Waals surface area (Å²) in [6, 6.07) is 6.54. The van der Waals surface area contributed by atoms with Crippen LogP contribution in [0.3, 0.4) is 0 Å². The number of pyridine rings is 1. The summed E-state index contributed by atoms with van der Waals surface area (Å²) in [5.74, 6) is 0.573. The molecule has 1 aromatic rings. The van der Waals surface area contributed by atoms with Gasteiger partial charge in [-0.15, -0.1) is 0 Å². The van der Waals surface area contributed by atoms with Gasteiger partial charge in [0.15, 0.2) is 20.2 Å². The fraction of sp³-hybridized carbons (Fsp3) is 0.688. The van der Waals surface area contributed by atoms with E-state index in [0.29, 0.717) is 11.0 Å². The van der Waals surface area contributed by atoms with E-state index in [1.165, 1.54) is 18.5 Å². The van der Waals surface area contributed by atoms with E-state index in [4.69, 9.17) is 4.43 Å². The largest absolute Gasteiger partial charge is 0.416 e. The Hall–Kier alpha value is -0.673. The second-order valence-corrected chi connectivity index (χ2v) is 12.0. The normalized spacial score (nSPS) is 20.2. The van der Waals surface area contributed by atoms with Crippen molar-refractivity contribution in [1.29, 1.82) is 0 Å². The third-order valence-electron chi connectivity index (χ3n) is 4.80. The minimum Gasteiger partial charge on any atom is -0.416 e. The molecule has 106 valence electrons. The fourth-order valence-corrected chi connectivity index (χ4v) is 3.46. The Morgan fingerprint density at radius 1 is 1.32 bits per heavy atom. The standard InChI is InChI=1S/C16H28NOSi/c1-16(2,3)19(4,5)18-13-14-9-8-12-17-11-7-6-10-15(14)17/h6-7,10-11,14H,8-9,12-13H2,1-5H3/q+1. The molecular weight excluding hydrogens is 250 g/mol. The molecule has 0 radical (unpaired) electrons. The minimum absolute atomic E-state index is 0.300. The van der Waals surface area contributed by atoms with Gasteiger partial charge in [-0.25, -0.2) is 4.57 Å². The van der Waals surface area contributed by atoms with Crippen LogP contribution in [0.15, 0.2) is 24.4 Å². The molecule has 0 saturated heterocycles. The van der Waals surface area contributed by atoms with Crippen molar-refractivity contribution >= 4 is 8.32 Å². The average molecular weight is 278 g/mol. The molecule has 0 spiro atoms. The predicted octanol–water partition coefficient (Wildman–Crippen LogP) is 3.87. The lowest BCUT2D eigenvalue weighted by Gasteiger charge is -2.37. The van der Waals surface area contributed by atoms with Crippen molar-refractivity contribution in [1.82, 2.24) is 0 Å². The lowest BCUT2D eigenvalue weighted by Crippen LogP contribution is -2.46. The molecule has 0 N–H and O–H groups in total. The summed E-state index contributed by atoms with van der Waals surface area (Å²) in [6.45, 7) is 13.7. The zero-order chi connectivity index (χ0) is 14.1. The van der Waals surface area contributed by atoms with Crippen molar-refractivity contribution in [3.05, 3.63) is 30.1 Å². The van der Waals surface area contributed by atoms with Gasteiger partial charge in [-0.1, -0.05) is 26.8 Å². The Labute approximate surface area is 118 Å². The molecular formula is C16H28NOSi+. The summed E-state index contributed by atoms with van der Waals surface area (Å²) in [6.07, 6.45) is 4.74. The van der Waals surface area contributed by atoms with E-state index in [0.717, 1.165) is 13.2 Å². The summed E-state index contributed by atoms with van der Waals surface area (Å²) in [4.78, 5) is 0. The number of hydrogen-bond acceptors (Lipinski definition) is 1.